The second-order valence-corrected chi connectivity index (χ2v) is 9.08. The molecule has 0 aliphatic carbocycles. The first-order valence-electron chi connectivity index (χ1n) is 12.3. The van der Waals surface area contributed by atoms with E-state index in [1.165, 1.54) is 0 Å². The minimum absolute atomic E-state index is 0. The van der Waals surface area contributed by atoms with Gasteiger partial charge in [-0.15, -0.1) is 0 Å². The van der Waals surface area contributed by atoms with Gasteiger partial charge in [-0.05, 0) is 36.4 Å². The third-order valence-electron chi connectivity index (χ3n) is 6.74. The molecule has 186 valence electrons. The summed E-state index contributed by atoms with van der Waals surface area (Å²) < 4.78 is 0. The number of fused-ring (bicyclic) bond motifs is 20. The molecule has 0 atom stereocenters. The zero-order valence-electron chi connectivity index (χ0n) is 21.0. The van der Waals surface area contributed by atoms with Crippen molar-refractivity contribution in [2.24, 2.45) is 0 Å². The Labute approximate surface area is 245 Å². The molecule has 0 saturated heterocycles. The Morgan fingerprint density at radius 3 is 1.32 bits per heavy atom. The van der Waals surface area contributed by atoms with Crippen LogP contribution in [0.2, 0.25) is 0 Å². The summed E-state index contributed by atoms with van der Waals surface area (Å²) in [5.41, 5.74) is 5.44. The third kappa shape index (κ3) is 3.52. The van der Waals surface area contributed by atoms with Crippen LogP contribution in [0.3, 0.4) is 0 Å². The van der Waals surface area contributed by atoms with Gasteiger partial charge < -0.3 is 29.9 Å². The van der Waals surface area contributed by atoms with Crippen LogP contribution in [-0.2, 0) is 0 Å². The summed E-state index contributed by atoms with van der Waals surface area (Å²) >= 11 is 0. The van der Waals surface area contributed by atoms with Gasteiger partial charge in [-0.3, -0.25) is 19.9 Å². The fourth-order valence-corrected chi connectivity index (χ4v) is 4.96. The molecular formula is C28H12MgN12. The van der Waals surface area contributed by atoms with Crippen molar-refractivity contribution in [1.82, 2.24) is 59.8 Å². The Hall–Kier alpha value is -5.27. The van der Waals surface area contributed by atoms with Crippen molar-refractivity contribution < 1.29 is 0 Å². The van der Waals surface area contributed by atoms with Gasteiger partial charge in [-0.1, -0.05) is 12.1 Å². The topological polar surface area (TPSA) is 157 Å². The Kier molecular flexibility index (Phi) is 5.11. The van der Waals surface area contributed by atoms with Gasteiger partial charge in [0.2, 0.25) is 0 Å². The zero-order valence-corrected chi connectivity index (χ0v) is 22.4. The van der Waals surface area contributed by atoms with E-state index in [4.69, 9.17) is 39.9 Å². The van der Waals surface area contributed by atoms with Gasteiger partial charge in [0.15, 0.2) is 0 Å². The maximum absolute atomic E-state index is 4.84. The van der Waals surface area contributed by atoms with E-state index in [0.717, 1.165) is 21.9 Å². The summed E-state index contributed by atoms with van der Waals surface area (Å²) in [6, 6.07) is 14.9. The molecule has 2 aliphatic heterocycles. The summed E-state index contributed by atoms with van der Waals surface area (Å²) in [6.45, 7) is 0. The van der Waals surface area contributed by atoms with Gasteiger partial charge in [-0.25, -0.2) is 9.97 Å². The van der Waals surface area contributed by atoms with Crippen LogP contribution < -0.4 is 9.97 Å². The van der Waals surface area contributed by atoms with Crippen molar-refractivity contribution >= 4 is 67.4 Å². The largest absolute Gasteiger partial charge is 2.00 e. The SMILES string of the molecule is [Mg+2].c1cnc2c(c1)-c1nc-2nc2[n-]c(nc3nc(nc4[n-]c(n1)c1cccnc41)-c1ncccc1-3)c1cccnc21. The zero-order chi connectivity index (χ0) is 26.2. The molecule has 12 nitrogen and oxygen atoms in total. The summed E-state index contributed by atoms with van der Waals surface area (Å²) in [6.07, 6.45) is 6.78. The summed E-state index contributed by atoms with van der Waals surface area (Å²) in [4.78, 5) is 56.4. The Morgan fingerprint density at radius 2 is 0.829 bits per heavy atom. The van der Waals surface area contributed by atoms with E-state index in [0.29, 0.717) is 68.3 Å². The van der Waals surface area contributed by atoms with Gasteiger partial charge >= 0.3 is 23.1 Å². The molecule has 0 unspecified atom stereocenters. The second-order valence-electron chi connectivity index (χ2n) is 9.08. The van der Waals surface area contributed by atoms with Crippen LogP contribution in [0.5, 0.6) is 0 Å². The normalized spacial score (nSPS) is 11.7. The van der Waals surface area contributed by atoms with Crippen molar-refractivity contribution in [3.8, 4) is 45.8 Å². The average molecular weight is 541 g/mol. The second kappa shape index (κ2) is 8.87. The van der Waals surface area contributed by atoms with E-state index in [1.54, 1.807) is 24.8 Å². The standard InChI is InChI=1S/C28H12N12.Mg/c1-5-13-17(29-9-1)25-35-21(13)33-22-14-6-2-10-30-18(14)27(36-22)40-28-20-16(8-4-12-32-20)24(38-28)34-23-15-7-3-11-31-19(15)26(37-23)39-25;/h1-12H;/q-2;+2. The molecule has 0 spiro atoms. The van der Waals surface area contributed by atoms with Gasteiger partial charge in [0.05, 0.1) is 22.7 Å². The van der Waals surface area contributed by atoms with E-state index >= 15 is 0 Å². The predicted molar refractivity (Wildman–Crippen MR) is 151 cm³/mol. The van der Waals surface area contributed by atoms with Gasteiger partial charge in [0.1, 0.15) is 23.0 Å². The fourth-order valence-electron chi connectivity index (χ4n) is 4.96. The predicted octanol–water partition coefficient (Wildman–Crippen LogP) is 3.33. The Balaban J connectivity index is 0.00000256. The molecule has 8 bridgehead atoms. The van der Waals surface area contributed by atoms with Crippen LogP contribution in [0.1, 0.15) is 0 Å². The van der Waals surface area contributed by atoms with Crippen molar-refractivity contribution in [2.75, 3.05) is 0 Å². The van der Waals surface area contributed by atoms with E-state index in [1.807, 2.05) is 48.5 Å². The number of rotatable bonds is 0. The average Bonchev–Trinajstić information content (AvgIpc) is 3.73. The van der Waals surface area contributed by atoms with Crippen LogP contribution >= 0.6 is 0 Å². The molecule has 9 heterocycles. The molecule has 0 fully saturated rings. The van der Waals surface area contributed by atoms with Crippen LogP contribution in [0.25, 0.3) is 90.2 Å². The Bertz CT molecular complexity index is 2040. The maximum atomic E-state index is 4.84. The molecule has 9 rings (SSSR count). The molecular weight excluding hydrogens is 529 g/mol. The minimum atomic E-state index is 0. The van der Waals surface area contributed by atoms with Crippen LogP contribution in [-0.4, -0.2) is 72.9 Å². The quantitative estimate of drug-likeness (QED) is 0.259. The first-order valence-corrected chi connectivity index (χ1v) is 12.3. The number of nitrogens with zero attached hydrogens (tertiary/aromatic N) is 12. The number of hydrogen-bond donors (Lipinski definition) is 0. The molecule has 7 aromatic rings. The third-order valence-corrected chi connectivity index (χ3v) is 6.74. The van der Waals surface area contributed by atoms with Crippen molar-refractivity contribution in [3.63, 3.8) is 0 Å². The van der Waals surface area contributed by atoms with Gasteiger partial charge in [0, 0.05) is 69.3 Å². The summed E-state index contributed by atoms with van der Waals surface area (Å²) in [5.74, 6) is 1.61. The minimum Gasteiger partial charge on any atom is -0.356 e. The molecule has 0 saturated carbocycles. The van der Waals surface area contributed by atoms with Crippen LogP contribution in [0.4, 0.5) is 0 Å². The maximum Gasteiger partial charge on any atom is 2.00 e. The molecule has 0 amide bonds. The summed E-state index contributed by atoms with van der Waals surface area (Å²) in [7, 11) is 0. The van der Waals surface area contributed by atoms with Gasteiger partial charge in [0.25, 0.3) is 0 Å². The number of hydrogen-bond acceptors (Lipinski definition) is 10. The number of aromatic nitrogens is 12. The van der Waals surface area contributed by atoms with Gasteiger partial charge in [-0.2, -0.15) is 0 Å². The smallest absolute Gasteiger partial charge is 0.356 e. The van der Waals surface area contributed by atoms with Crippen molar-refractivity contribution in [2.45, 2.75) is 0 Å². The van der Waals surface area contributed by atoms with Crippen molar-refractivity contribution in [3.05, 3.63) is 73.3 Å². The molecule has 0 N–H and O–H groups in total. The molecule has 0 radical (unpaired) electrons. The molecule has 13 heteroatoms. The van der Waals surface area contributed by atoms with E-state index in [-0.39, 0.29) is 23.1 Å². The Morgan fingerprint density at radius 1 is 0.415 bits per heavy atom. The monoisotopic (exact) mass is 540 g/mol. The fraction of sp³-hybridized carbons (Fsp3) is 0. The van der Waals surface area contributed by atoms with Crippen LogP contribution in [0.15, 0.2) is 73.3 Å². The first-order chi connectivity index (χ1) is 19.8. The molecule has 2 aliphatic rings. The van der Waals surface area contributed by atoms with Crippen molar-refractivity contribution in [1.29, 1.82) is 0 Å². The molecule has 41 heavy (non-hydrogen) atoms. The molecule has 7 aromatic heterocycles. The van der Waals surface area contributed by atoms with E-state index in [2.05, 4.69) is 19.9 Å². The first kappa shape index (κ1) is 23.6. The van der Waals surface area contributed by atoms with E-state index < -0.39 is 0 Å². The number of pyridine rings is 4. The molecule has 0 aromatic carbocycles. The van der Waals surface area contributed by atoms with Crippen LogP contribution in [0, 0.1) is 0 Å². The van der Waals surface area contributed by atoms with E-state index in [9.17, 15) is 0 Å². The summed E-state index contributed by atoms with van der Waals surface area (Å²) in [5, 5.41) is 1.46.